The summed E-state index contributed by atoms with van der Waals surface area (Å²) in [5, 5.41) is 0. The topological polar surface area (TPSA) is 34.1 Å². The highest BCUT2D eigenvalue weighted by Crippen LogP contribution is 2.41. The van der Waals surface area contributed by atoms with E-state index in [2.05, 4.69) is 91.8 Å². The molecular weight excluding hydrogens is 512 g/mol. The van der Waals surface area contributed by atoms with Gasteiger partial charge in [-0.05, 0) is 125 Å². The standard InChI is InChI=1S/2C20H28O/c2*1-16(8-6-9-17(2)13-15-21)11-12-19-18(3)10-7-14-20(19,4)5/h2*6,8-9,11-13,15H,7,10,14H2,1-5H3/b2*9-6+,12-11+,16-8+,17-13+. The van der Waals surface area contributed by atoms with E-state index in [-0.39, 0.29) is 10.8 Å². The molecule has 0 aromatic carbocycles. The third-order valence-corrected chi connectivity index (χ3v) is 8.21. The third-order valence-electron chi connectivity index (χ3n) is 8.21. The molecule has 0 heterocycles. The maximum Gasteiger partial charge on any atom is 0.143 e. The van der Waals surface area contributed by atoms with Crippen molar-refractivity contribution in [1.82, 2.24) is 0 Å². The Bertz CT molecular complexity index is 1140. The van der Waals surface area contributed by atoms with Gasteiger partial charge in [0.15, 0.2) is 0 Å². The molecule has 0 saturated carbocycles. The number of rotatable bonds is 10. The molecule has 0 aromatic heterocycles. The van der Waals surface area contributed by atoms with E-state index in [1.807, 2.05) is 38.2 Å². The van der Waals surface area contributed by atoms with Crippen LogP contribution in [0, 0.1) is 10.8 Å². The number of hydrogen-bond acceptors (Lipinski definition) is 2. The first-order chi connectivity index (χ1) is 19.7. The second-order valence-electron chi connectivity index (χ2n) is 13.2. The fraction of sp³-hybridized carbons (Fsp3) is 0.450. The zero-order chi connectivity index (χ0) is 31.8. The minimum atomic E-state index is 0.290. The van der Waals surface area contributed by atoms with Gasteiger partial charge in [-0.25, -0.2) is 0 Å². The van der Waals surface area contributed by atoms with Crippen LogP contribution in [0.3, 0.4) is 0 Å². The van der Waals surface area contributed by atoms with E-state index in [0.29, 0.717) is 0 Å². The maximum atomic E-state index is 10.3. The summed E-state index contributed by atoms with van der Waals surface area (Å²) in [7, 11) is 0. The van der Waals surface area contributed by atoms with Gasteiger partial charge in [0.1, 0.15) is 12.6 Å². The Kier molecular flexibility index (Phi) is 16.0. The molecule has 0 atom stereocenters. The first-order valence-electron chi connectivity index (χ1n) is 15.4. The summed E-state index contributed by atoms with van der Waals surface area (Å²) in [6, 6.07) is 0. The van der Waals surface area contributed by atoms with Crippen LogP contribution in [0.1, 0.15) is 108 Å². The third kappa shape index (κ3) is 13.6. The van der Waals surface area contributed by atoms with E-state index in [4.69, 9.17) is 0 Å². The lowest BCUT2D eigenvalue weighted by atomic mass is 9.72. The number of aldehydes is 2. The van der Waals surface area contributed by atoms with E-state index >= 15 is 0 Å². The molecule has 0 saturated heterocycles. The van der Waals surface area contributed by atoms with Gasteiger partial charge >= 0.3 is 0 Å². The molecule has 0 aliphatic heterocycles. The molecule has 0 spiro atoms. The summed E-state index contributed by atoms with van der Waals surface area (Å²) in [4.78, 5) is 20.7. The monoisotopic (exact) mass is 568 g/mol. The molecule has 0 aromatic rings. The molecule has 2 aliphatic carbocycles. The largest absolute Gasteiger partial charge is 0.299 e. The van der Waals surface area contributed by atoms with E-state index < -0.39 is 0 Å². The van der Waals surface area contributed by atoms with E-state index in [1.165, 1.54) is 72.0 Å². The minimum Gasteiger partial charge on any atom is -0.299 e. The molecule has 228 valence electrons. The molecule has 2 heteroatoms. The summed E-state index contributed by atoms with van der Waals surface area (Å²) in [6.07, 6.45) is 33.3. The Morgan fingerprint density at radius 2 is 0.881 bits per heavy atom. The highest BCUT2D eigenvalue weighted by atomic mass is 16.1. The second-order valence-corrected chi connectivity index (χ2v) is 13.2. The quantitative estimate of drug-likeness (QED) is 0.149. The average molecular weight is 569 g/mol. The lowest BCUT2D eigenvalue weighted by Crippen LogP contribution is -2.19. The molecule has 0 N–H and O–H groups in total. The van der Waals surface area contributed by atoms with Crippen molar-refractivity contribution < 1.29 is 9.59 Å². The number of carbonyl (C=O) groups is 2. The fourth-order valence-electron chi connectivity index (χ4n) is 5.59. The van der Waals surface area contributed by atoms with Crippen molar-refractivity contribution in [1.29, 1.82) is 0 Å². The molecule has 0 unspecified atom stereocenters. The van der Waals surface area contributed by atoms with Crippen LogP contribution in [0.15, 0.2) is 117 Å². The smallest absolute Gasteiger partial charge is 0.143 e. The van der Waals surface area contributed by atoms with Crippen LogP contribution < -0.4 is 0 Å². The molecule has 2 nitrogen and oxygen atoms in total. The normalized spacial score (nSPS) is 20.6. The Hall–Kier alpha value is -3.26. The van der Waals surface area contributed by atoms with Gasteiger partial charge in [0, 0.05) is 0 Å². The van der Waals surface area contributed by atoms with Gasteiger partial charge in [-0.1, -0.05) is 111 Å². The first kappa shape index (κ1) is 36.8. The number of hydrogen-bond donors (Lipinski definition) is 0. The van der Waals surface area contributed by atoms with Crippen molar-refractivity contribution in [2.24, 2.45) is 10.8 Å². The van der Waals surface area contributed by atoms with Crippen molar-refractivity contribution in [3.8, 4) is 0 Å². The summed E-state index contributed by atoms with van der Waals surface area (Å²) in [5.41, 5.74) is 11.0. The van der Waals surface area contributed by atoms with Crippen molar-refractivity contribution >= 4 is 12.6 Å². The van der Waals surface area contributed by atoms with Crippen molar-refractivity contribution in [3.63, 3.8) is 0 Å². The Labute approximate surface area is 257 Å². The summed E-state index contributed by atoms with van der Waals surface area (Å²) in [5.74, 6) is 0. The Morgan fingerprint density at radius 1 is 0.548 bits per heavy atom. The summed E-state index contributed by atoms with van der Waals surface area (Å²) < 4.78 is 0. The lowest BCUT2D eigenvalue weighted by molar-refractivity contribution is -0.104. The summed E-state index contributed by atoms with van der Waals surface area (Å²) >= 11 is 0. The molecule has 42 heavy (non-hydrogen) atoms. The van der Waals surface area contributed by atoms with E-state index in [9.17, 15) is 9.59 Å². The number of carbonyl (C=O) groups excluding carboxylic acids is 2. The first-order valence-corrected chi connectivity index (χ1v) is 15.4. The Balaban J connectivity index is 0.000000420. The van der Waals surface area contributed by atoms with Crippen molar-refractivity contribution in [2.45, 2.75) is 108 Å². The van der Waals surface area contributed by atoms with Crippen molar-refractivity contribution in [3.05, 3.63) is 117 Å². The van der Waals surface area contributed by atoms with E-state index in [1.54, 1.807) is 12.2 Å². The molecule has 0 fully saturated rings. The minimum absolute atomic E-state index is 0.290. The maximum absolute atomic E-state index is 10.3. The van der Waals surface area contributed by atoms with Gasteiger partial charge in [-0.3, -0.25) is 9.59 Å². The van der Waals surface area contributed by atoms with Crippen LogP contribution >= 0.6 is 0 Å². The van der Waals surface area contributed by atoms with Gasteiger partial charge < -0.3 is 0 Å². The zero-order valence-corrected chi connectivity index (χ0v) is 28.1. The molecule has 2 rings (SSSR count). The molecular formula is C40H56O2. The lowest BCUT2D eigenvalue weighted by Gasteiger charge is -2.33. The zero-order valence-electron chi connectivity index (χ0n) is 28.1. The highest BCUT2D eigenvalue weighted by Gasteiger charge is 2.27. The van der Waals surface area contributed by atoms with Gasteiger partial charge in [0.2, 0.25) is 0 Å². The predicted molar refractivity (Wildman–Crippen MR) is 184 cm³/mol. The van der Waals surface area contributed by atoms with Gasteiger partial charge in [0.25, 0.3) is 0 Å². The fourth-order valence-corrected chi connectivity index (χ4v) is 5.59. The second kappa shape index (κ2) is 18.3. The predicted octanol–water partition coefficient (Wildman–Crippen LogP) is 11.4. The summed E-state index contributed by atoms with van der Waals surface area (Å²) in [6.45, 7) is 21.9. The van der Waals surface area contributed by atoms with Crippen LogP contribution in [-0.2, 0) is 9.59 Å². The van der Waals surface area contributed by atoms with Gasteiger partial charge in [-0.15, -0.1) is 0 Å². The molecule has 0 radical (unpaired) electrons. The molecule has 0 bridgehead atoms. The molecule has 0 amide bonds. The molecule has 2 aliphatic rings. The van der Waals surface area contributed by atoms with Gasteiger partial charge in [-0.2, -0.15) is 0 Å². The number of allylic oxidation sites excluding steroid dienone is 20. The van der Waals surface area contributed by atoms with Crippen LogP contribution in [0.2, 0.25) is 0 Å². The average Bonchev–Trinajstić information content (AvgIpc) is 2.88. The van der Waals surface area contributed by atoms with Gasteiger partial charge in [0.05, 0.1) is 0 Å². The SMILES string of the molecule is CC1=C(/C=C/C(C)=C/C=C/C(C)=C/C=O)C(C)(C)CCC1.CC1=C(/C=C/C(C)=C/C=C/C(C)=C/C=O)C(C)(C)CCC1. The Morgan fingerprint density at radius 3 is 1.19 bits per heavy atom. The van der Waals surface area contributed by atoms with Crippen LogP contribution in [-0.4, -0.2) is 12.6 Å². The highest BCUT2D eigenvalue weighted by molar-refractivity contribution is 5.67. The van der Waals surface area contributed by atoms with Crippen molar-refractivity contribution in [2.75, 3.05) is 0 Å². The van der Waals surface area contributed by atoms with Crippen LogP contribution in [0.25, 0.3) is 0 Å². The van der Waals surface area contributed by atoms with Crippen LogP contribution in [0.4, 0.5) is 0 Å². The van der Waals surface area contributed by atoms with E-state index in [0.717, 1.165) is 23.7 Å². The van der Waals surface area contributed by atoms with Crippen LogP contribution in [0.5, 0.6) is 0 Å².